The van der Waals surface area contributed by atoms with Gasteiger partial charge in [0.05, 0.1) is 12.2 Å². The van der Waals surface area contributed by atoms with Gasteiger partial charge in [-0.25, -0.2) is 0 Å². The first-order chi connectivity index (χ1) is 15.3. The van der Waals surface area contributed by atoms with Gasteiger partial charge in [0.2, 0.25) is 5.91 Å². The van der Waals surface area contributed by atoms with E-state index < -0.39 is 11.5 Å². The zero-order valence-corrected chi connectivity index (χ0v) is 18.1. The van der Waals surface area contributed by atoms with Crippen molar-refractivity contribution in [1.82, 2.24) is 9.47 Å². The van der Waals surface area contributed by atoms with Crippen LogP contribution in [0.2, 0.25) is 0 Å². The van der Waals surface area contributed by atoms with Gasteiger partial charge in [-0.05, 0) is 41.7 Å². The number of hydrogen-bond acceptors (Lipinski definition) is 4. The first-order valence-corrected chi connectivity index (χ1v) is 10.5. The summed E-state index contributed by atoms with van der Waals surface area (Å²) in [6.07, 6.45) is 2.17. The molecule has 0 aliphatic carbocycles. The molecule has 4 rings (SSSR count). The van der Waals surface area contributed by atoms with Gasteiger partial charge in [-0.1, -0.05) is 42.5 Å². The van der Waals surface area contributed by atoms with Crippen molar-refractivity contribution in [3.63, 3.8) is 0 Å². The minimum absolute atomic E-state index is 0.0296. The standard InChI is InChI=1S/C25H25N3O4/c1-16-7-6-10-21(23(16)30)26-24(31)22-20-11-12-27(17(2)29)14-19(20)15-28(25(22)32)13-18-8-4-3-5-9-18/h3-10,15,30H,11-14H2,1-2H3,(H,26,31). The predicted molar refractivity (Wildman–Crippen MR) is 122 cm³/mol. The molecule has 0 fully saturated rings. The summed E-state index contributed by atoms with van der Waals surface area (Å²) in [7, 11) is 0. The summed E-state index contributed by atoms with van der Waals surface area (Å²) < 4.78 is 1.52. The van der Waals surface area contributed by atoms with E-state index in [1.165, 1.54) is 11.5 Å². The SMILES string of the molecule is CC(=O)N1CCc2c(cn(Cc3ccccc3)c(=O)c2C(=O)Nc2cccc(C)c2O)C1. The Morgan fingerprint density at radius 1 is 1.09 bits per heavy atom. The summed E-state index contributed by atoms with van der Waals surface area (Å²) in [6.45, 7) is 4.34. The van der Waals surface area contributed by atoms with Crippen LogP contribution in [0.5, 0.6) is 5.75 Å². The quantitative estimate of drug-likeness (QED) is 0.621. The van der Waals surface area contributed by atoms with Gasteiger partial charge in [-0.3, -0.25) is 14.4 Å². The van der Waals surface area contributed by atoms with Gasteiger partial charge >= 0.3 is 0 Å². The summed E-state index contributed by atoms with van der Waals surface area (Å²) >= 11 is 0. The molecule has 0 radical (unpaired) electrons. The number of benzene rings is 2. The lowest BCUT2D eigenvalue weighted by molar-refractivity contribution is -0.129. The van der Waals surface area contributed by atoms with Crippen molar-refractivity contribution in [1.29, 1.82) is 0 Å². The number of pyridine rings is 1. The van der Waals surface area contributed by atoms with Crippen molar-refractivity contribution in [2.75, 3.05) is 11.9 Å². The number of aryl methyl sites for hydroxylation is 1. The highest BCUT2D eigenvalue weighted by Gasteiger charge is 2.27. The Balaban J connectivity index is 1.79. The zero-order chi connectivity index (χ0) is 22.8. The normalized spacial score (nSPS) is 12.9. The molecule has 0 saturated carbocycles. The summed E-state index contributed by atoms with van der Waals surface area (Å²) in [5, 5.41) is 13.0. The molecule has 2 amide bonds. The first kappa shape index (κ1) is 21.4. The number of hydrogen-bond donors (Lipinski definition) is 2. The number of rotatable bonds is 4. The van der Waals surface area contributed by atoms with Crippen molar-refractivity contribution in [2.45, 2.75) is 33.4 Å². The minimum atomic E-state index is -0.564. The zero-order valence-electron chi connectivity index (χ0n) is 18.1. The molecule has 0 bridgehead atoms. The maximum absolute atomic E-state index is 13.4. The Kier molecular flexibility index (Phi) is 5.81. The molecular formula is C25H25N3O4. The molecule has 0 unspecified atom stereocenters. The van der Waals surface area contributed by atoms with E-state index in [4.69, 9.17) is 0 Å². The molecule has 1 aliphatic rings. The molecule has 32 heavy (non-hydrogen) atoms. The number of phenolic OH excluding ortho intramolecular Hbond substituents is 1. The van der Waals surface area contributed by atoms with E-state index in [1.54, 1.807) is 36.2 Å². The molecule has 2 N–H and O–H groups in total. The second-order valence-electron chi connectivity index (χ2n) is 8.04. The molecule has 0 spiro atoms. The lowest BCUT2D eigenvalue weighted by atomic mass is 9.95. The molecular weight excluding hydrogens is 406 g/mol. The molecule has 164 valence electrons. The van der Waals surface area contributed by atoms with E-state index in [1.807, 2.05) is 30.3 Å². The number of para-hydroxylation sites is 1. The maximum Gasteiger partial charge on any atom is 0.264 e. The van der Waals surface area contributed by atoms with Crippen LogP contribution in [0.15, 0.2) is 59.5 Å². The van der Waals surface area contributed by atoms with Crippen LogP contribution in [0.3, 0.4) is 0 Å². The van der Waals surface area contributed by atoms with E-state index in [9.17, 15) is 19.5 Å². The lowest BCUT2D eigenvalue weighted by Crippen LogP contribution is -2.39. The summed E-state index contributed by atoms with van der Waals surface area (Å²) in [4.78, 5) is 40.3. The number of carbonyl (C=O) groups excluding carboxylic acids is 2. The monoisotopic (exact) mass is 431 g/mol. The van der Waals surface area contributed by atoms with Gasteiger partial charge in [0.15, 0.2) is 0 Å². The molecule has 1 aromatic heterocycles. The summed E-state index contributed by atoms with van der Waals surface area (Å²) in [5.74, 6) is -0.643. The van der Waals surface area contributed by atoms with Crippen molar-refractivity contribution in [2.24, 2.45) is 0 Å². The number of anilines is 1. The average molecular weight is 431 g/mol. The predicted octanol–water partition coefficient (Wildman–Crippen LogP) is 3.07. The summed E-state index contributed by atoms with van der Waals surface area (Å²) in [5.41, 5.74) is 2.90. The van der Waals surface area contributed by atoms with Crippen LogP contribution in [-0.2, 0) is 24.3 Å². The number of fused-ring (bicyclic) bond motifs is 1. The number of amides is 2. The Morgan fingerprint density at radius 3 is 2.56 bits per heavy atom. The number of carbonyl (C=O) groups is 2. The van der Waals surface area contributed by atoms with Gasteiger partial charge in [-0.15, -0.1) is 0 Å². The molecule has 2 heterocycles. The number of nitrogens with one attached hydrogen (secondary N) is 1. The van der Waals surface area contributed by atoms with E-state index >= 15 is 0 Å². The van der Waals surface area contributed by atoms with Crippen LogP contribution in [0.4, 0.5) is 5.69 Å². The van der Waals surface area contributed by atoms with E-state index in [2.05, 4.69) is 5.32 Å². The van der Waals surface area contributed by atoms with Gasteiger partial charge in [0.25, 0.3) is 11.5 Å². The van der Waals surface area contributed by atoms with Crippen LogP contribution >= 0.6 is 0 Å². The smallest absolute Gasteiger partial charge is 0.264 e. The van der Waals surface area contributed by atoms with Crippen molar-refractivity contribution in [3.8, 4) is 5.75 Å². The Morgan fingerprint density at radius 2 is 1.84 bits per heavy atom. The van der Waals surface area contributed by atoms with Crippen LogP contribution in [0, 0.1) is 6.92 Å². The number of nitrogens with zero attached hydrogens (tertiary/aromatic N) is 2. The van der Waals surface area contributed by atoms with Gasteiger partial charge in [0, 0.05) is 26.2 Å². The van der Waals surface area contributed by atoms with E-state index in [-0.39, 0.29) is 22.9 Å². The average Bonchev–Trinajstić information content (AvgIpc) is 2.77. The first-order valence-electron chi connectivity index (χ1n) is 10.5. The van der Waals surface area contributed by atoms with Crippen molar-refractivity contribution >= 4 is 17.5 Å². The fourth-order valence-corrected chi connectivity index (χ4v) is 4.06. The number of phenols is 1. The largest absolute Gasteiger partial charge is 0.505 e. The molecule has 0 saturated heterocycles. The Bertz CT molecular complexity index is 1250. The molecule has 3 aromatic rings. The molecule has 7 heteroatoms. The third kappa shape index (κ3) is 4.14. The number of aromatic nitrogens is 1. The summed E-state index contributed by atoms with van der Waals surface area (Å²) in [6, 6.07) is 14.6. The third-order valence-corrected chi connectivity index (χ3v) is 5.82. The van der Waals surface area contributed by atoms with Crippen molar-refractivity contribution in [3.05, 3.63) is 92.9 Å². The minimum Gasteiger partial charge on any atom is -0.505 e. The lowest BCUT2D eigenvalue weighted by Gasteiger charge is -2.29. The van der Waals surface area contributed by atoms with E-state index in [0.29, 0.717) is 37.2 Å². The second-order valence-corrected chi connectivity index (χ2v) is 8.04. The number of aromatic hydroxyl groups is 1. The third-order valence-electron chi connectivity index (χ3n) is 5.82. The fraction of sp³-hybridized carbons (Fsp3) is 0.240. The van der Waals surface area contributed by atoms with Crippen molar-refractivity contribution < 1.29 is 14.7 Å². The van der Waals surface area contributed by atoms with Crippen LogP contribution in [-0.4, -0.2) is 32.9 Å². The van der Waals surface area contributed by atoms with Crippen LogP contribution < -0.4 is 10.9 Å². The molecule has 0 atom stereocenters. The highest BCUT2D eigenvalue weighted by Crippen LogP contribution is 2.28. The Labute approximate surface area is 185 Å². The van der Waals surface area contributed by atoms with Gasteiger partial charge in [-0.2, -0.15) is 0 Å². The Hall–Kier alpha value is -3.87. The maximum atomic E-state index is 13.4. The molecule has 7 nitrogen and oxygen atoms in total. The molecule has 2 aromatic carbocycles. The highest BCUT2D eigenvalue weighted by molar-refractivity contribution is 6.06. The van der Waals surface area contributed by atoms with Gasteiger partial charge < -0.3 is 19.9 Å². The molecule has 1 aliphatic heterocycles. The van der Waals surface area contributed by atoms with Gasteiger partial charge in [0.1, 0.15) is 11.3 Å². The topological polar surface area (TPSA) is 91.6 Å². The van der Waals surface area contributed by atoms with Crippen LogP contribution in [0.25, 0.3) is 0 Å². The second kappa shape index (κ2) is 8.70. The fourth-order valence-electron chi connectivity index (χ4n) is 4.06. The highest BCUT2D eigenvalue weighted by atomic mass is 16.3. The van der Waals surface area contributed by atoms with E-state index in [0.717, 1.165) is 11.1 Å². The van der Waals surface area contributed by atoms with Crippen LogP contribution in [0.1, 0.15) is 39.5 Å².